The first kappa shape index (κ1) is 11.8. The van der Waals surface area contributed by atoms with E-state index in [1.54, 1.807) is 4.68 Å². The second-order valence-electron chi connectivity index (χ2n) is 4.27. The molecule has 1 saturated heterocycles. The lowest BCUT2D eigenvalue weighted by atomic mass is 10.2. The Kier molecular flexibility index (Phi) is 3.78. The van der Waals surface area contributed by atoms with Crippen molar-refractivity contribution in [3.8, 4) is 0 Å². The molecule has 2 unspecified atom stereocenters. The quantitative estimate of drug-likeness (QED) is 0.732. The van der Waals surface area contributed by atoms with Gasteiger partial charge < -0.3 is 4.74 Å². The van der Waals surface area contributed by atoms with Gasteiger partial charge in [0, 0.05) is 38.3 Å². The van der Waals surface area contributed by atoms with E-state index in [1.165, 1.54) is 0 Å². The van der Waals surface area contributed by atoms with Crippen LogP contribution in [0, 0.1) is 0 Å². The standard InChI is InChI=1S/C10H17ClN4O/c1-8-7-16-10(3-11)6-15(8)5-9-4-14(2)13-12-9/h4,8,10H,3,5-7H2,1-2H3. The average molecular weight is 245 g/mol. The largest absolute Gasteiger partial charge is 0.374 e. The monoisotopic (exact) mass is 244 g/mol. The van der Waals surface area contributed by atoms with Gasteiger partial charge in [-0.3, -0.25) is 9.58 Å². The van der Waals surface area contributed by atoms with Crippen LogP contribution >= 0.6 is 11.6 Å². The number of rotatable bonds is 3. The van der Waals surface area contributed by atoms with Crippen LogP contribution in [-0.2, 0) is 18.3 Å². The van der Waals surface area contributed by atoms with E-state index in [9.17, 15) is 0 Å². The van der Waals surface area contributed by atoms with Crippen LogP contribution in [0.3, 0.4) is 0 Å². The fourth-order valence-electron chi connectivity index (χ4n) is 1.86. The lowest BCUT2D eigenvalue weighted by Gasteiger charge is -2.36. The highest BCUT2D eigenvalue weighted by Gasteiger charge is 2.25. The Morgan fingerprint density at radius 2 is 2.44 bits per heavy atom. The zero-order valence-electron chi connectivity index (χ0n) is 9.64. The first-order chi connectivity index (χ1) is 7.69. The Labute approximate surface area is 100 Å². The van der Waals surface area contributed by atoms with Crippen LogP contribution in [0.2, 0.25) is 0 Å². The van der Waals surface area contributed by atoms with Crippen LogP contribution in [0.1, 0.15) is 12.6 Å². The summed E-state index contributed by atoms with van der Waals surface area (Å²) in [6, 6.07) is 0.404. The normalized spacial score (nSPS) is 27.2. The molecule has 2 atom stereocenters. The minimum absolute atomic E-state index is 0.134. The highest BCUT2D eigenvalue weighted by molar-refractivity contribution is 6.18. The van der Waals surface area contributed by atoms with Crippen LogP contribution in [0.5, 0.6) is 0 Å². The molecule has 16 heavy (non-hydrogen) atoms. The molecule has 0 radical (unpaired) electrons. The second kappa shape index (κ2) is 5.12. The predicted molar refractivity (Wildman–Crippen MR) is 61.3 cm³/mol. The molecular formula is C10H17ClN4O. The van der Waals surface area contributed by atoms with Gasteiger partial charge in [-0.05, 0) is 6.92 Å². The molecule has 90 valence electrons. The van der Waals surface area contributed by atoms with E-state index in [0.717, 1.165) is 25.4 Å². The van der Waals surface area contributed by atoms with Crippen molar-refractivity contribution >= 4 is 11.6 Å². The maximum Gasteiger partial charge on any atom is 0.0967 e. The average Bonchev–Trinajstić information content (AvgIpc) is 2.67. The smallest absolute Gasteiger partial charge is 0.0967 e. The lowest BCUT2D eigenvalue weighted by molar-refractivity contribution is -0.0514. The van der Waals surface area contributed by atoms with Crippen LogP contribution < -0.4 is 0 Å². The van der Waals surface area contributed by atoms with Crippen LogP contribution in [0.15, 0.2) is 6.20 Å². The summed E-state index contributed by atoms with van der Waals surface area (Å²) in [7, 11) is 1.88. The van der Waals surface area contributed by atoms with Gasteiger partial charge in [0.15, 0.2) is 0 Å². The van der Waals surface area contributed by atoms with Crippen molar-refractivity contribution in [1.29, 1.82) is 0 Å². The van der Waals surface area contributed by atoms with Crippen molar-refractivity contribution in [3.05, 3.63) is 11.9 Å². The molecule has 0 aromatic carbocycles. The van der Waals surface area contributed by atoms with E-state index >= 15 is 0 Å². The van der Waals surface area contributed by atoms with Crippen molar-refractivity contribution in [2.75, 3.05) is 19.0 Å². The molecule has 1 aliphatic rings. The number of aromatic nitrogens is 3. The van der Waals surface area contributed by atoms with E-state index < -0.39 is 0 Å². The van der Waals surface area contributed by atoms with Gasteiger partial charge in [0.2, 0.25) is 0 Å². The van der Waals surface area contributed by atoms with Crippen molar-refractivity contribution in [2.24, 2.45) is 7.05 Å². The molecule has 1 aliphatic heterocycles. The second-order valence-corrected chi connectivity index (χ2v) is 4.58. The van der Waals surface area contributed by atoms with Crippen LogP contribution in [0.4, 0.5) is 0 Å². The molecule has 0 N–H and O–H groups in total. The zero-order valence-corrected chi connectivity index (χ0v) is 10.4. The first-order valence-corrected chi connectivity index (χ1v) is 5.99. The molecular weight excluding hydrogens is 228 g/mol. The van der Waals surface area contributed by atoms with Crippen LogP contribution in [-0.4, -0.2) is 51.1 Å². The van der Waals surface area contributed by atoms with Gasteiger partial charge in [-0.25, -0.2) is 0 Å². The van der Waals surface area contributed by atoms with Gasteiger partial charge in [0.05, 0.1) is 18.4 Å². The molecule has 1 fully saturated rings. The Morgan fingerprint density at radius 1 is 1.62 bits per heavy atom. The molecule has 0 aliphatic carbocycles. The Morgan fingerprint density at radius 3 is 3.06 bits per heavy atom. The van der Waals surface area contributed by atoms with Crippen molar-refractivity contribution in [3.63, 3.8) is 0 Å². The number of hydrogen-bond donors (Lipinski definition) is 0. The number of aryl methyl sites for hydroxylation is 1. The Hall–Kier alpha value is -0.650. The maximum atomic E-state index is 5.82. The van der Waals surface area contributed by atoms with E-state index in [4.69, 9.17) is 16.3 Å². The third-order valence-electron chi connectivity index (χ3n) is 2.82. The molecule has 0 amide bonds. The minimum atomic E-state index is 0.134. The van der Waals surface area contributed by atoms with Gasteiger partial charge in [-0.15, -0.1) is 16.7 Å². The molecule has 0 saturated carbocycles. The molecule has 2 heterocycles. The summed E-state index contributed by atoms with van der Waals surface area (Å²) in [5.41, 5.74) is 0.990. The summed E-state index contributed by atoms with van der Waals surface area (Å²) < 4.78 is 7.32. The summed E-state index contributed by atoms with van der Waals surface area (Å²) in [6.45, 7) is 4.56. The highest BCUT2D eigenvalue weighted by atomic mass is 35.5. The summed E-state index contributed by atoms with van der Waals surface area (Å²) in [5, 5.41) is 8.02. The van der Waals surface area contributed by atoms with Gasteiger partial charge in [0.1, 0.15) is 0 Å². The third-order valence-corrected chi connectivity index (χ3v) is 3.17. The number of alkyl halides is 1. The van der Waals surface area contributed by atoms with Gasteiger partial charge >= 0.3 is 0 Å². The maximum absolute atomic E-state index is 5.82. The van der Waals surface area contributed by atoms with Crippen molar-refractivity contribution in [2.45, 2.75) is 25.6 Å². The highest BCUT2D eigenvalue weighted by Crippen LogP contribution is 2.15. The fraction of sp³-hybridized carbons (Fsp3) is 0.800. The summed E-state index contributed by atoms with van der Waals surface area (Å²) in [5.74, 6) is 0.545. The summed E-state index contributed by atoms with van der Waals surface area (Å²) in [6.07, 6.45) is 2.08. The molecule has 6 heteroatoms. The number of ether oxygens (including phenoxy) is 1. The lowest BCUT2D eigenvalue weighted by Crippen LogP contribution is -2.48. The van der Waals surface area contributed by atoms with Crippen molar-refractivity contribution < 1.29 is 4.74 Å². The van der Waals surface area contributed by atoms with E-state index in [0.29, 0.717) is 11.9 Å². The summed E-state index contributed by atoms with van der Waals surface area (Å²) in [4.78, 5) is 2.33. The molecule has 0 spiro atoms. The Balaban J connectivity index is 1.96. The van der Waals surface area contributed by atoms with Gasteiger partial charge in [0.25, 0.3) is 0 Å². The number of nitrogens with zero attached hydrogens (tertiary/aromatic N) is 4. The molecule has 1 aromatic rings. The van der Waals surface area contributed by atoms with E-state index in [-0.39, 0.29) is 6.10 Å². The topological polar surface area (TPSA) is 43.2 Å². The van der Waals surface area contributed by atoms with Crippen molar-refractivity contribution in [1.82, 2.24) is 19.9 Å². The minimum Gasteiger partial charge on any atom is -0.374 e. The SMILES string of the molecule is CC1COC(CCl)CN1Cc1cn(C)nn1. The van der Waals surface area contributed by atoms with Gasteiger partial charge in [-0.1, -0.05) is 5.21 Å². The molecule has 2 rings (SSSR count). The zero-order chi connectivity index (χ0) is 11.5. The first-order valence-electron chi connectivity index (χ1n) is 5.46. The third kappa shape index (κ3) is 2.72. The molecule has 1 aromatic heterocycles. The molecule has 0 bridgehead atoms. The number of halogens is 1. The summed E-state index contributed by atoms with van der Waals surface area (Å²) >= 11 is 5.82. The Bertz CT molecular complexity index is 343. The van der Waals surface area contributed by atoms with Gasteiger partial charge in [-0.2, -0.15) is 0 Å². The predicted octanol–water partition coefficient (Wildman–Crippen LogP) is 0.643. The van der Waals surface area contributed by atoms with E-state index in [1.807, 2.05) is 13.2 Å². The molecule has 5 nitrogen and oxygen atoms in total. The fourth-order valence-corrected chi connectivity index (χ4v) is 2.05. The van der Waals surface area contributed by atoms with Crippen LogP contribution in [0.25, 0.3) is 0 Å². The van der Waals surface area contributed by atoms with E-state index in [2.05, 4.69) is 22.1 Å². The number of hydrogen-bond acceptors (Lipinski definition) is 4. The number of morpholine rings is 1.